The number of aliphatic carboxylic acids is 1. The van der Waals surface area contributed by atoms with E-state index in [1.54, 1.807) is 117 Å². The number of thioether (sulfide) groups is 1. The van der Waals surface area contributed by atoms with Crippen LogP contribution < -0.4 is 59.7 Å². The number of aromatic nitrogens is 1. The van der Waals surface area contributed by atoms with E-state index in [0.717, 1.165) is 14.7 Å². The van der Waals surface area contributed by atoms with Crippen LogP contribution in [0.4, 0.5) is 13.2 Å². The number of carbonyl (C=O) groups excluding carboxylic acids is 15. The number of phenols is 2. The van der Waals surface area contributed by atoms with E-state index in [0.29, 0.717) is 81.9 Å². The highest BCUT2D eigenvalue weighted by Crippen LogP contribution is 2.29. The molecule has 742 valence electrons. The fourth-order valence-electron chi connectivity index (χ4n) is 16.6. The molecule has 3 heterocycles. The monoisotopic (exact) mass is 1930 g/mol. The lowest BCUT2D eigenvalue weighted by Crippen LogP contribution is -2.60. The van der Waals surface area contributed by atoms with E-state index in [4.69, 9.17) is 17.2 Å². The number of primary amides is 1. The first-order valence-electron chi connectivity index (χ1n) is 45.5. The Bertz CT molecular complexity index is 5420. The quantitative estimate of drug-likeness (QED) is 0.0190. The SMILES string of the molecule is CCCC[C@@H](C(=O)N1CCC[C@@H]1C(=O)N[C@H](C=O)CC(=O)O)N(C)C(=O)[C@H](Cc1ccccc1)N(C)C(=O)[C@H](Cc1cc(F)c(F)c(F)c1)NC(=O)CSC[C@H](NC(=O)[C@H](CCCN)NC(=O)[C@H](Cc1ccc(O)cc1)NC(=O)[C@H](Cc1c[nH]c2ccccc12)NC(=O)[C@H]1C[C@H](O)CN1C(=O)[C@H](Cc1ccc(O)cc1)NCC(=O)[C@H](Cc1ccccc1)N(C)C(=O)[C@@H](N)C(C)C)C(=O)NCC(N)=O. The fraction of sp³-hybridized carbons (Fsp3) is 0.443. The highest BCUT2D eigenvalue weighted by molar-refractivity contribution is 8.00. The maximum absolute atomic E-state index is 15.5. The number of carboxylic acids is 1. The van der Waals surface area contributed by atoms with Gasteiger partial charge in [-0.1, -0.05) is 137 Å². The van der Waals surface area contributed by atoms with E-state index >= 15 is 37.5 Å². The number of fused-ring (bicyclic) bond motifs is 1. The molecule has 0 spiro atoms. The zero-order valence-electron chi connectivity index (χ0n) is 77.6. The van der Waals surface area contributed by atoms with Gasteiger partial charge in [-0.15, -0.1) is 11.8 Å². The first kappa shape index (κ1) is 108. The maximum atomic E-state index is 15.5. The second-order valence-corrected chi connectivity index (χ2v) is 35.9. The van der Waals surface area contributed by atoms with Crippen molar-refractivity contribution in [1.82, 2.24) is 72.0 Å². The third kappa shape index (κ3) is 30.7. The van der Waals surface area contributed by atoms with Crippen LogP contribution in [0.5, 0.6) is 11.5 Å². The predicted octanol–water partition coefficient (Wildman–Crippen LogP) is 1.54. The number of nitrogens with two attached hydrogens (primary N) is 3. The molecule has 2 fully saturated rings. The summed E-state index contributed by atoms with van der Waals surface area (Å²) in [5, 5.41) is 63.2. The Labute approximate surface area is 800 Å². The summed E-state index contributed by atoms with van der Waals surface area (Å²) in [5.74, 6) is -20.8. The number of unbranched alkanes of at least 4 members (excludes halogenated alkanes) is 1. The number of rotatable bonds is 52. The van der Waals surface area contributed by atoms with E-state index in [1.807, 2.05) is 6.92 Å². The van der Waals surface area contributed by atoms with Crippen molar-refractivity contribution in [3.63, 3.8) is 0 Å². The summed E-state index contributed by atoms with van der Waals surface area (Å²) in [7, 11) is 3.98. The third-order valence-corrected chi connectivity index (χ3v) is 25.4. The Morgan fingerprint density at radius 1 is 0.565 bits per heavy atom. The predicted molar refractivity (Wildman–Crippen MR) is 503 cm³/mol. The summed E-state index contributed by atoms with van der Waals surface area (Å²) >= 11 is 0.650. The smallest absolute Gasteiger partial charge is 0.305 e. The van der Waals surface area contributed by atoms with Crippen LogP contribution in [0.3, 0.4) is 0 Å². The number of hydrogen-bond acceptors (Lipinski definition) is 23. The van der Waals surface area contributed by atoms with Gasteiger partial charge in [0.05, 0.1) is 55.5 Å². The van der Waals surface area contributed by atoms with Gasteiger partial charge in [0.15, 0.2) is 23.2 Å². The molecule has 2 saturated heterocycles. The van der Waals surface area contributed by atoms with Crippen LogP contribution in [0.25, 0.3) is 10.9 Å². The first-order valence-corrected chi connectivity index (χ1v) is 46.7. The summed E-state index contributed by atoms with van der Waals surface area (Å²) in [6.45, 7) is 3.59. The second-order valence-electron chi connectivity index (χ2n) is 34.9. The first-order chi connectivity index (χ1) is 65.8. The Balaban J connectivity index is 0.960. The van der Waals surface area contributed by atoms with Crippen LogP contribution in [0.2, 0.25) is 0 Å². The van der Waals surface area contributed by atoms with Crippen molar-refractivity contribution in [2.75, 3.05) is 65.4 Å². The number of β-amino-alcohol motifs (C(OH)–C–C–N with tert-alkyl or cyclic N) is 1. The van der Waals surface area contributed by atoms with Crippen molar-refractivity contribution in [1.29, 1.82) is 0 Å². The van der Waals surface area contributed by atoms with Gasteiger partial charge in [-0.05, 0) is 133 Å². The zero-order chi connectivity index (χ0) is 101. The fourth-order valence-corrected chi connectivity index (χ4v) is 17.4. The van der Waals surface area contributed by atoms with Crippen molar-refractivity contribution in [3.8, 4) is 11.5 Å². The molecule has 9 rings (SSSR count). The number of aliphatic hydroxyl groups excluding tert-OH is 1. The van der Waals surface area contributed by atoms with Crippen LogP contribution in [0.15, 0.2) is 152 Å². The van der Waals surface area contributed by atoms with E-state index in [1.165, 1.54) is 67.3 Å². The lowest BCUT2D eigenvalue weighted by molar-refractivity contribution is -0.152. The normalized spacial score (nSPS) is 16.5. The Hall–Kier alpha value is -13.6. The number of H-pyrrole nitrogens is 1. The summed E-state index contributed by atoms with van der Waals surface area (Å²) in [5.41, 5.74) is 20.6. The minimum atomic E-state index is -1.86. The van der Waals surface area contributed by atoms with Crippen molar-refractivity contribution >= 4 is 117 Å². The number of amides is 13. The number of benzene rings is 6. The summed E-state index contributed by atoms with van der Waals surface area (Å²) in [6.07, 6.45) is -1.25. The number of aldehydes is 1. The molecule has 0 aliphatic carbocycles. The van der Waals surface area contributed by atoms with E-state index in [9.17, 15) is 72.8 Å². The van der Waals surface area contributed by atoms with Gasteiger partial charge in [0.2, 0.25) is 76.8 Å². The Kier molecular flexibility index (Phi) is 40.7. The highest BCUT2D eigenvalue weighted by Gasteiger charge is 2.46. The number of carbonyl (C=O) groups is 16. The number of likely N-dealkylation sites (tertiary alicyclic amines) is 2. The molecule has 138 heavy (non-hydrogen) atoms. The van der Waals surface area contributed by atoms with Crippen molar-refractivity contribution in [2.45, 2.75) is 202 Å². The molecule has 7 aromatic rings. The molecule has 0 saturated carbocycles. The lowest BCUT2D eigenvalue weighted by Gasteiger charge is -2.38. The topological polar surface area (TPSA) is 560 Å². The highest BCUT2D eigenvalue weighted by atomic mass is 32.2. The number of phenolic OH excluding ortho intramolecular Hbond substituents is 2. The molecule has 13 amide bonds. The van der Waals surface area contributed by atoms with E-state index < -0.39 is 235 Å². The lowest BCUT2D eigenvalue weighted by atomic mass is 9.97. The van der Waals surface area contributed by atoms with Gasteiger partial charge in [0.25, 0.3) is 0 Å². The largest absolute Gasteiger partial charge is 0.508 e. The van der Waals surface area contributed by atoms with E-state index in [2.05, 4.69) is 47.5 Å². The number of aromatic amines is 1. The number of Topliss-reactive ketones (excluding diaryl/α,β-unsaturated/α-hetero) is 1. The number of nitrogens with zero attached hydrogens (tertiary/aromatic N) is 5. The number of para-hydroxylation sites is 1. The number of hydrogen-bond donors (Lipinski definition) is 16. The average molecular weight is 1940 g/mol. The number of nitrogens with one attached hydrogen (secondary N) is 9. The molecule has 19 N–H and O–H groups in total. The number of halogens is 3. The van der Waals surface area contributed by atoms with Gasteiger partial charge >= 0.3 is 5.97 Å². The molecule has 2 aliphatic rings. The molecule has 1 aromatic heterocycles. The molecule has 2 aliphatic heterocycles. The number of aliphatic hydroxyl groups is 1. The number of aromatic hydroxyl groups is 2. The van der Waals surface area contributed by atoms with Crippen LogP contribution in [0.1, 0.15) is 112 Å². The molecular weight excluding hydrogens is 1810 g/mol. The minimum Gasteiger partial charge on any atom is -0.508 e. The maximum Gasteiger partial charge on any atom is 0.305 e. The molecule has 14 atom stereocenters. The Morgan fingerprint density at radius 2 is 1.10 bits per heavy atom. The summed E-state index contributed by atoms with van der Waals surface area (Å²) in [6, 6.07) is 17.8. The molecule has 0 radical (unpaired) electrons. The van der Waals surface area contributed by atoms with Crippen molar-refractivity contribution in [2.24, 2.45) is 23.1 Å². The van der Waals surface area contributed by atoms with Crippen molar-refractivity contribution < 1.29 is 110 Å². The van der Waals surface area contributed by atoms with Gasteiger partial charge in [-0.3, -0.25) is 77.2 Å². The standard InChI is InChI=1S/C97H122F3N17O20S/c1-7-8-26-77(96(136)116-37-18-27-76(116)91(131)107-62(52-118)46-84(125)126)113(4)95(135)80(44-57-21-13-10-14-22-57)115(6)93(133)74(42-60-38-67(98)85(100)68(99)39-60)108-83(124)54-138-53-75(87(127)106-50-82(102)123)112-88(128)70(25-17-36-101)109-89(129)71(40-58-28-32-63(119)33-29-58)110-90(130)72(45-61-48-104-69-24-16-15-23-66(61)69)111-92(132)79-47-65(121)51-117(79)94(134)73(41-59-30-34-64(120)35-31-59)105-49-81(122)78(43-56-19-11-9-12-20-56)114(5)97(137)86(103)55(2)3/h9-16,19-24,28-35,38-39,48,52,55,62,65,70-80,86,104-105,119-121H,7-8,17-18,25-27,36-37,40-47,49-51,53-54,101,103H2,1-6H3,(H2,102,123)(H,106,127)(H,107,131)(H,108,124)(H,109,129)(H,110,130)(H,111,132)(H,112,128)(H,125,126)/t62-,65-,70-,71-,72-,73-,74-,75-,76+,77-,78-,79+,80-,86-/m0/s1. The van der Waals surface area contributed by atoms with Gasteiger partial charge in [0.1, 0.15) is 72.2 Å². The minimum absolute atomic E-state index is 0.0126. The second kappa shape index (κ2) is 52.1. The zero-order valence-corrected chi connectivity index (χ0v) is 78.4. The van der Waals surface area contributed by atoms with Gasteiger partial charge in [-0.25, -0.2) is 13.2 Å². The van der Waals surface area contributed by atoms with Gasteiger partial charge < -0.3 is 109 Å². The molecular formula is C97H122F3N17O20S. The Morgan fingerprint density at radius 3 is 1.69 bits per heavy atom. The average Bonchev–Trinajstić information content (AvgIpc) is 1.58. The van der Waals surface area contributed by atoms with Crippen LogP contribution >= 0.6 is 11.8 Å². The third-order valence-electron chi connectivity index (χ3n) is 24.3. The van der Waals surface area contributed by atoms with Gasteiger partial charge in [0, 0.05) is 89.2 Å². The summed E-state index contributed by atoms with van der Waals surface area (Å²) in [4.78, 5) is 237. The van der Waals surface area contributed by atoms with Crippen LogP contribution in [-0.2, 0) is 115 Å². The van der Waals surface area contributed by atoms with Crippen LogP contribution in [-0.4, -0.2) is 295 Å². The molecule has 37 nitrogen and oxygen atoms in total. The van der Waals surface area contributed by atoms with E-state index in [-0.39, 0.29) is 107 Å². The molecule has 6 aromatic carbocycles. The van der Waals surface area contributed by atoms with Crippen LogP contribution in [0, 0.1) is 23.4 Å². The molecule has 0 bridgehead atoms. The number of likely N-dealkylation sites (N-methyl/N-ethyl adjacent to an activating group) is 3. The summed E-state index contributed by atoms with van der Waals surface area (Å²) < 4.78 is 44.9. The molecule has 41 heteroatoms. The molecule has 0 unspecified atom stereocenters. The van der Waals surface area contributed by atoms with Crippen molar-refractivity contribution in [3.05, 3.63) is 203 Å². The van der Waals surface area contributed by atoms with Gasteiger partial charge in [-0.2, -0.15) is 0 Å². The number of carboxylic acid groups (broad SMARTS) is 1. The number of ketones is 1.